The molecule has 0 saturated heterocycles. The maximum atomic E-state index is 10.6. The van der Waals surface area contributed by atoms with E-state index in [1.54, 1.807) is 6.20 Å². The molecule has 9 heteroatoms. The maximum absolute atomic E-state index is 10.6. The lowest BCUT2D eigenvalue weighted by atomic mass is 10.1. The molecule has 0 radical (unpaired) electrons. The van der Waals surface area contributed by atoms with Crippen molar-refractivity contribution < 1.29 is 9.45 Å². The smallest absolute Gasteiger partial charge is 0.307 e. The highest BCUT2D eigenvalue weighted by molar-refractivity contribution is 5.53. The zero-order valence-corrected chi connectivity index (χ0v) is 11.7. The quantitative estimate of drug-likeness (QED) is 0.521. The van der Waals surface area contributed by atoms with Crippen molar-refractivity contribution in [2.75, 3.05) is 0 Å². The summed E-state index contributed by atoms with van der Waals surface area (Å²) in [5.74, 6) is 0.704. The van der Waals surface area contributed by atoms with Gasteiger partial charge in [-0.25, -0.2) is 0 Å². The van der Waals surface area contributed by atoms with E-state index < -0.39 is 4.92 Å². The standard InChI is InChI=1S/C13H12N6O3/c1-2-9-4-3-5-14-12(9)13-16-11(22-17-13)8-18-7-10(6-15-18)19(20)21/h3-7H,2,8H2,1H3. The van der Waals surface area contributed by atoms with E-state index in [4.69, 9.17) is 4.52 Å². The van der Waals surface area contributed by atoms with Gasteiger partial charge in [0.15, 0.2) is 0 Å². The lowest BCUT2D eigenvalue weighted by Crippen LogP contribution is -2.00. The van der Waals surface area contributed by atoms with E-state index in [0.717, 1.165) is 12.0 Å². The van der Waals surface area contributed by atoms with Crippen molar-refractivity contribution >= 4 is 5.69 Å². The first-order chi connectivity index (χ1) is 10.7. The summed E-state index contributed by atoms with van der Waals surface area (Å²) < 4.78 is 6.53. The molecule has 3 rings (SSSR count). The molecular formula is C13H12N6O3. The van der Waals surface area contributed by atoms with Crippen LogP contribution in [0, 0.1) is 10.1 Å². The molecule has 0 amide bonds. The Bertz CT molecular complexity index is 809. The van der Waals surface area contributed by atoms with E-state index in [1.165, 1.54) is 17.1 Å². The molecule has 0 bridgehead atoms. The van der Waals surface area contributed by atoms with Crippen molar-refractivity contribution in [3.63, 3.8) is 0 Å². The second kappa shape index (κ2) is 5.72. The van der Waals surface area contributed by atoms with Gasteiger partial charge in [0.05, 0.1) is 4.92 Å². The third-order valence-corrected chi connectivity index (χ3v) is 3.08. The molecule has 112 valence electrons. The Hall–Kier alpha value is -3.10. The first-order valence-corrected chi connectivity index (χ1v) is 6.61. The number of rotatable bonds is 5. The SMILES string of the molecule is CCc1cccnc1-c1noc(Cn2cc([N+](=O)[O-])cn2)n1. The van der Waals surface area contributed by atoms with Crippen molar-refractivity contribution in [2.24, 2.45) is 0 Å². The summed E-state index contributed by atoms with van der Waals surface area (Å²) in [7, 11) is 0. The normalized spacial score (nSPS) is 10.8. The fraction of sp³-hybridized carbons (Fsp3) is 0.231. The number of pyridine rings is 1. The predicted octanol–water partition coefficient (Wildman–Crippen LogP) is 1.85. The van der Waals surface area contributed by atoms with E-state index >= 15 is 0 Å². The largest absolute Gasteiger partial charge is 0.337 e. The van der Waals surface area contributed by atoms with E-state index in [0.29, 0.717) is 17.4 Å². The Kier molecular flexibility index (Phi) is 3.60. The molecule has 9 nitrogen and oxygen atoms in total. The van der Waals surface area contributed by atoms with Crippen molar-refractivity contribution in [1.29, 1.82) is 0 Å². The first kappa shape index (κ1) is 13.9. The van der Waals surface area contributed by atoms with Crippen LogP contribution < -0.4 is 0 Å². The van der Waals surface area contributed by atoms with Gasteiger partial charge in [-0.2, -0.15) is 10.1 Å². The van der Waals surface area contributed by atoms with Crippen LogP contribution >= 0.6 is 0 Å². The Balaban J connectivity index is 1.82. The van der Waals surface area contributed by atoms with E-state index in [-0.39, 0.29) is 12.2 Å². The van der Waals surface area contributed by atoms with Crippen LogP contribution in [0.3, 0.4) is 0 Å². The third-order valence-electron chi connectivity index (χ3n) is 3.08. The number of aromatic nitrogens is 5. The van der Waals surface area contributed by atoms with Gasteiger partial charge < -0.3 is 4.52 Å². The molecule has 22 heavy (non-hydrogen) atoms. The molecule has 0 aliphatic rings. The molecule has 0 fully saturated rings. The Morgan fingerprint density at radius 2 is 2.32 bits per heavy atom. The predicted molar refractivity (Wildman–Crippen MR) is 74.9 cm³/mol. The fourth-order valence-corrected chi connectivity index (χ4v) is 2.01. The van der Waals surface area contributed by atoms with E-state index in [2.05, 4.69) is 20.2 Å². The summed E-state index contributed by atoms with van der Waals surface area (Å²) in [5.41, 5.74) is 1.61. The number of hydrogen-bond acceptors (Lipinski definition) is 7. The van der Waals surface area contributed by atoms with Crippen molar-refractivity contribution in [3.8, 4) is 11.5 Å². The van der Waals surface area contributed by atoms with Crippen LogP contribution in [0.2, 0.25) is 0 Å². The lowest BCUT2D eigenvalue weighted by molar-refractivity contribution is -0.385. The molecule has 3 heterocycles. The second-order valence-electron chi connectivity index (χ2n) is 4.53. The Labute approximate surface area is 124 Å². The van der Waals surface area contributed by atoms with Crippen LogP contribution in [0.15, 0.2) is 35.2 Å². The lowest BCUT2D eigenvalue weighted by Gasteiger charge is -2.00. The molecule has 0 aliphatic heterocycles. The number of hydrogen-bond donors (Lipinski definition) is 0. The summed E-state index contributed by atoms with van der Waals surface area (Å²) in [4.78, 5) is 18.6. The molecule has 0 atom stereocenters. The molecule has 3 aromatic heterocycles. The average Bonchev–Trinajstić information content (AvgIpc) is 3.17. The minimum atomic E-state index is -0.510. The van der Waals surface area contributed by atoms with Crippen molar-refractivity contribution in [3.05, 3.63) is 52.3 Å². The summed E-state index contributed by atoms with van der Waals surface area (Å²) in [6, 6.07) is 3.81. The van der Waals surface area contributed by atoms with Crippen molar-refractivity contribution in [2.45, 2.75) is 19.9 Å². The van der Waals surface area contributed by atoms with E-state index in [1.807, 2.05) is 19.1 Å². The number of aryl methyl sites for hydroxylation is 1. The average molecular weight is 300 g/mol. The molecular weight excluding hydrogens is 288 g/mol. The van der Waals surface area contributed by atoms with Gasteiger partial charge in [-0.3, -0.25) is 19.8 Å². The van der Waals surface area contributed by atoms with Crippen LogP contribution in [-0.4, -0.2) is 29.8 Å². The minimum Gasteiger partial charge on any atom is -0.337 e. The third kappa shape index (κ3) is 2.68. The van der Waals surface area contributed by atoms with Gasteiger partial charge in [-0.05, 0) is 18.1 Å². The topological polar surface area (TPSA) is 113 Å². The Morgan fingerprint density at radius 1 is 1.45 bits per heavy atom. The number of nitrogens with zero attached hydrogens (tertiary/aromatic N) is 6. The molecule has 0 N–H and O–H groups in total. The molecule has 3 aromatic rings. The zero-order valence-electron chi connectivity index (χ0n) is 11.7. The molecule has 0 spiro atoms. The summed E-state index contributed by atoms with van der Waals surface area (Å²) in [6.45, 7) is 2.18. The highest BCUT2D eigenvalue weighted by Crippen LogP contribution is 2.19. The second-order valence-corrected chi connectivity index (χ2v) is 4.53. The highest BCUT2D eigenvalue weighted by Gasteiger charge is 2.15. The highest BCUT2D eigenvalue weighted by atomic mass is 16.6. The molecule has 0 saturated carbocycles. The summed E-state index contributed by atoms with van der Waals surface area (Å²) in [6.07, 6.45) is 4.95. The van der Waals surface area contributed by atoms with Gasteiger partial charge in [0.1, 0.15) is 24.6 Å². The van der Waals surface area contributed by atoms with E-state index in [9.17, 15) is 10.1 Å². The van der Waals surface area contributed by atoms with Crippen LogP contribution in [0.1, 0.15) is 18.4 Å². The first-order valence-electron chi connectivity index (χ1n) is 6.61. The minimum absolute atomic E-state index is 0.0854. The maximum Gasteiger partial charge on any atom is 0.307 e. The molecule has 0 aliphatic carbocycles. The van der Waals surface area contributed by atoms with Crippen LogP contribution in [0.5, 0.6) is 0 Å². The summed E-state index contributed by atoms with van der Waals surface area (Å²) >= 11 is 0. The fourth-order valence-electron chi connectivity index (χ4n) is 2.01. The number of nitro groups is 1. The van der Waals surface area contributed by atoms with Gasteiger partial charge in [0, 0.05) is 6.20 Å². The Morgan fingerprint density at radius 3 is 3.05 bits per heavy atom. The van der Waals surface area contributed by atoms with Gasteiger partial charge in [-0.1, -0.05) is 18.1 Å². The van der Waals surface area contributed by atoms with Gasteiger partial charge in [0.25, 0.3) is 0 Å². The van der Waals surface area contributed by atoms with Gasteiger partial charge in [0.2, 0.25) is 11.7 Å². The molecule has 0 aromatic carbocycles. The van der Waals surface area contributed by atoms with Crippen LogP contribution in [0.4, 0.5) is 5.69 Å². The van der Waals surface area contributed by atoms with Crippen molar-refractivity contribution in [1.82, 2.24) is 24.9 Å². The summed E-state index contributed by atoms with van der Waals surface area (Å²) in [5, 5.41) is 18.4. The van der Waals surface area contributed by atoms with Gasteiger partial charge >= 0.3 is 5.69 Å². The monoisotopic (exact) mass is 300 g/mol. The van der Waals surface area contributed by atoms with Crippen LogP contribution in [-0.2, 0) is 13.0 Å². The zero-order chi connectivity index (χ0) is 15.5. The molecule has 0 unspecified atom stereocenters. The van der Waals surface area contributed by atoms with Crippen LogP contribution in [0.25, 0.3) is 11.5 Å². The van der Waals surface area contributed by atoms with Gasteiger partial charge in [-0.15, -0.1) is 0 Å².